The predicted molar refractivity (Wildman–Crippen MR) is 96.9 cm³/mol. The fourth-order valence-electron chi connectivity index (χ4n) is 4.94. The van der Waals surface area contributed by atoms with E-state index in [2.05, 4.69) is 57.8 Å². The summed E-state index contributed by atoms with van der Waals surface area (Å²) in [5.41, 5.74) is 3.31. The molecule has 2 aliphatic rings. The SMILES string of the molecule is CC(C)c1cccc(C(C)C)c1C1(O)CC2CCCC(C1)N2C. The summed E-state index contributed by atoms with van der Waals surface area (Å²) in [6.45, 7) is 9.01. The van der Waals surface area contributed by atoms with E-state index in [1.807, 2.05) is 0 Å². The first-order chi connectivity index (χ1) is 10.8. The van der Waals surface area contributed by atoms with Gasteiger partial charge in [-0.15, -0.1) is 0 Å². The van der Waals surface area contributed by atoms with Gasteiger partial charge >= 0.3 is 0 Å². The van der Waals surface area contributed by atoms with E-state index in [0.717, 1.165) is 12.8 Å². The Kier molecular flexibility index (Phi) is 4.59. The van der Waals surface area contributed by atoms with Gasteiger partial charge < -0.3 is 10.0 Å². The van der Waals surface area contributed by atoms with E-state index < -0.39 is 5.60 Å². The van der Waals surface area contributed by atoms with E-state index in [0.29, 0.717) is 23.9 Å². The largest absolute Gasteiger partial charge is 0.385 e. The molecule has 1 aromatic carbocycles. The summed E-state index contributed by atoms with van der Waals surface area (Å²) in [6, 6.07) is 7.71. The monoisotopic (exact) mass is 315 g/mol. The average molecular weight is 316 g/mol. The van der Waals surface area contributed by atoms with Gasteiger partial charge in [-0.25, -0.2) is 0 Å². The molecule has 2 bridgehead atoms. The zero-order chi connectivity index (χ0) is 16.8. The van der Waals surface area contributed by atoms with Crippen LogP contribution >= 0.6 is 0 Å². The van der Waals surface area contributed by atoms with E-state index in [-0.39, 0.29) is 0 Å². The lowest BCUT2D eigenvalue weighted by Crippen LogP contribution is -2.55. The van der Waals surface area contributed by atoms with Gasteiger partial charge in [0.1, 0.15) is 0 Å². The number of hydrogen-bond acceptors (Lipinski definition) is 2. The van der Waals surface area contributed by atoms with Gasteiger partial charge in [-0.05, 0) is 61.3 Å². The molecule has 1 N–H and O–H groups in total. The fraction of sp³-hybridized carbons (Fsp3) is 0.714. The molecule has 2 heteroatoms. The summed E-state index contributed by atoms with van der Waals surface area (Å²) < 4.78 is 0. The van der Waals surface area contributed by atoms with Crippen LogP contribution in [0.3, 0.4) is 0 Å². The average Bonchev–Trinajstić information content (AvgIpc) is 2.48. The Morgan fingerprint density at radius 1 is 1.00 bits per heavy atom. The van der Waals surface area contributed by atoms with Crippen molar-refractivity contribution < 1.29 is 5.11 Å². The Morgan fingerprint density at radius 3 is 1.91 bits per heavy atom. The topological polar surface area (TPSA) is 23.5 Å². The number of aliphatic hydroxyl groups is 1. The quantitative estimate of drug-likeness (QED) is 0.868. The second-order valence-corrected chi connectivity index (χ2v) is 8.46. The molecule has 1 aromatic rings. The van der Waals surface area contributed by atoms with Crippen LogP contribution in [-0.2, 0) is 5.60 Å². The van der Waals surface area contributed by atoms with Crippen molar-refractivity contribution in [1.82, 2.24) is 4.90 Å². The molecule has 0 aliphatic carbocycles. The Labute approximate surface area is 141 Å². The van der Waals surface area contributed by atoms with Gasteiger partial charge in [-0.1, -0.05) is 52.3 Å². The Balaban J connectivity index is 2.09. The highest BCUT2D eigenvalue weighted by atomic mass is 16.3. The molecule has 0 aromatic heterocycles. The van der Waals surface area contributed by atoms with Crippen LogP contribution in [0.2, 0.25) is 0 Å². The second kappa shape index (κ2) is 6.22. The van der Waals surface area contributed by atoms with Crippen LogP contribution in [0.5, 0.6) is 0 Å². The summed E-state index contributed by atoms with van der Waals surface area (Å²) >= 11 is 0. The third-order valence-electron chi connectivity index (χ3n) is 6.21. The van der Waals surface area contributed by atoms with Crippen LogP contribution in [0.1, 0.15) is 88.3 Å². The van der Waals surface area contributed by atoms with Gasteiger partial charge in [0.15, 0.2) is 0 Å². The van der Waals surface area contributed by atoms with E-state index >= 15 is 0 Å². The van der Waals surface area contributed by atoms with Crippen molar-refractivity contribution in [2.75, 3.05) is 7.05 Å². The molecule has 23 heavy (non-hydrogen) atoms. The summed E-state index contributed by atoms with van der Waals surface area (Å²) in [7, 11) is 2.26. The molecule has 2 saturated heterocycles. The molecule has 0 amide bonds. The van der Waals surface area contributed by atoms with Gasteiger partial charge in [0.05, 0.1) is 5.60 Å². The standard InChI is InChI=1S/C21H33NO/c1-14(2)18-10-7-11-19(15(3)4)20(18)21(23)12-16-8-6-9-17(13-21)22(16)5/h7,10-11,14-17,23H,6,8-9,12-13H2,1-5H3. The summed E-state index contributed by atoms with van der Waals surface area (Å²) in [6.07, 6.45) is 5.57. The van der Waals surface area contributed by atoms with Crippen LogP contribution < -0.4 is 0 Å². The molecule has 0 radical (unpaired) electrons. The summed E-state index contributed by atoms with van der Waals surface area (Å²) in [4.78, 5) is 2.53. The molecule has 2 heterocycles. The van der Waals surface area contributed by atoms with Gasteiger partial charge in [0, 0.05) is 12.1 Å². The van der Waals surface area contributed by atoms with Crippen molar-refractivity contribution >= 4 is 0 Å². The van der Waals surface area contributed by atoms with Crippen LogP contribution in [0, 0.1) is 0 Å². The first kappa shape index (κ1) is 17.0. The smallest absolute Gasteiger partial charge is 0.0931 e. The first-order valence-corrected chi connectivity index (χ1v) is 9.41. The number of fused-ring (bicyclic) bond motifs is 2. The maximum atomic E-state index is 11.8. The molecule has 3 rings (SSSR count). The predicted octanol–water partition coefficient (Wildman–Crippen LogP) is 4.77. The first-order valence-electron chi connectivity index (χ1n) is 9.41. The molecule has 2 unspecified atom stereocenters. The second-order valence-electron chi connectivity index (χ2n) is 8.46. The highest BCUT2D eigenvalue weighted by molar-refractivity contribution is 5.43. The lowest BCUT2D eigenvalue weighted by atomic mass is 9.69. The zero-order valence-electron chi connectivity index (χ0n) is 15.5. The van der Waals surface area contributed by atoms with Crippen molar-refractivity contribution in [3.05, 3.63) is 34.9 Å². The Bertz CT molecular complexity index is 523. The van der Waals surface area contributed by atoms with Gasteiger partial charge in [-0.2, -0.15) is 0 Å². The van der Waals surface area contributed by atoms with Gasteiger partial charge in [0.2, 0.25) is 0 Å². The molecular formula is C21H33NO. The highest BCUT2D eigenvalue weighted by Crippen LogP contribution is 2.47. The molecule has 2 fully saturated rings. The molecule has 2 atom stereocenters. The van der Waals surface area contributed by atoms with Crippen molar-refractivity contribution in [2.24, 2.45) is 0 Å². The van der Waals surface area contributed by atoms with Crippen molar-refractivity contribution in [3.63, 3.8) is 0 Å². The van der Waals surface area contributed by atoms with Crippen molar-refractivity contribution in [1.29, 1.82) is 0 Å². The van der Waals surface area contributed by atoms with E-state index in [1.165, 1.54) is 36.0 Å². The Morgan fingerprint density at radius 2 is 1.48 bits per heavy atom. The third-order valence-corrected chi connectivity index (χ3v) is 6.21. The molecular weight excluding hydrogens is 282 g/mol. The Hall–Kier alpha value is -0.860. The van der Waals surface area contributed by atoms with Crippen LogP contribution in [-0.4, -0.2) is 29.1 Å². The number of piperidine rings is 2. The minimum absolute atomic E-state index is 0.451. The summed E-state index contributed by atoms with van der Waals surface area (Å²) in [5.74, 6) is 0.902. The molecule has 0 spiro atoms. The normalized spacial score (nSPS) is 31.8. The molecule has 128 valence electrons. The lowest BCUT2D eigenvalue weighted by molar-refractivity contribution is -0.0885. The van der Waals surface area contributed by atoms with Gasteiger partial charge in [-0.3, -0.25) is 0 Å². The van der Waals surface area contributed by atoms with Crippen molar-refractivity contribution in [2.45, 2.75) is 89.3 Å². The number of hydrogen-bond donors (Lipinski definition) is 1. The van der Waals surface area contributed by atoms with Crippen LogP contribution in [0.25, 0.3) is 0 Å². The minimum atomic E-state index is -0.650. The molecule has 0 saturated carbocycles. The highest BCUT2D eigenvalue weighted by Gasteiger charge is 2.46. The number of benzene rings is 1. The van der Waals surface area contributed by atoms with Crippen molar-refractivity contribution in [3.8, 4) is 0 Å². The lowest BCUT2D eigenvalue weighted by Gasteiger charge is -2.52. The zero-order valence-corrected chi connectivity index (χ0v) is 15.5. The van der Waals surface area contributed by atoms with Gasteiger partial charge in [0.25, 0.3) is 0 Å². The minimum Gasteiger partial charge on any atom is -0.385 e. The van der Waals surface area contributed by atoms with E-state index in [4.69, 9.17) is 0 Å². The molecule has 2 nitrogen and oxygen atoms in total. The summed E-state index contributed by atoms with van der Waals surface area (Å²) in [5, 5.41) is 11.8. The maximum absolute atomic E-state index is 11.8. The van der Waals surface area contributed by atoms with E-state index in [1.54, 1.807) is 0 Å². The fourth-order valence-corrected chi connectivity index (χ4v) is 4.94. The number of nitrogens with zero attached hydrogens (tertiary/aromatic N) is 1. The number of rotatable bonds is 3. The van der Waals surface area contributed by atoms with E-state index in [9.17, 15) is 5.11 Å². The van der Waals surface area contributed by atoms with Crippen LogP contribution in [0.15, 0.2) is 18.2 Å². The molecule has 2 aliphatic heterocycles. The third kappa shape index (κ3) is 2.96. The maximum Gasteiger partial charge on any atom is 0.0931 e. The van der Waals surface area contributed by atoms with Crippen LogP contribution in [0.4, 0.5) is 0 Å².